The molecule has 3 aromatic carbocycles. The molecule has 0 saturated carbocycles. The summed E-state index contributed by atoms with van der Waals surface area (Å²) in [6.07, 6.45) is 5.30. The van der Waals surface area contributed by atoms with Crippen LogP contribution < -0.4 is 5.32 Å². The van der Waals surface area contributed by atoms with Crippen molar-refractivity contribution in [1.82, 2.24) is 4.57 Å². The van der Waals surface area contributed by atoms with Gasteiger partial charge in [0.2, 0.25) is 0 Å². The number of benzene rings is 3. The van der Waals surface area contributed by atoms with Crippen molar-refractivity contribution < 1.29 is 14.3 Å². The Morgan fingerprint density at radius 2 is 1.62 bits per heavy atom. The molecule has 1 aliphatic rings. The molecule has 1 aliphatic carbocycles. The van der Waals surface area contributed by atoms with Gasteiger partial charge in [-0.3, -0.25) is 4.79 Å². The van der Waals surface area contributed by atoms with Crippen molar-refractivity contribution in [2.75, 3.05) is 11.9 Å². The number of ether oxygens (including phenoxy) is 1. The fourth-order valence-electron chi connectivity index (χ4n) is 5.86. The Labute approximate surface area is 267 Å². The summed E-state index contributed by atoms with van der Waals surface area (Å²) in [7, 11) is 0. The molecular formula is C38H33N3O3S. The molecule has 0 unspecified atom stereocenters. The Kier molecular flexibility index (Phi) is 8.77. The molecule has 0 saturated heterocycles. The van der Waals surface area contributed by atoms with Crippen LogP contribution in [0.15, 0.2) is 96.6 Å². The predicted octanol–water partition coefficient (Wildman–Crippen LogP) is 8.78. The van der Waals surface area contributed by atoms with Crippen molar-refractivity contribution in [2.24, 2.45) is 0 Å². The number of fused-ring (bicyclic) bond motifs is 1. The smallest absolute Gasteiger partial charge is 0.341 e. The lowest BCUT2D eigenvalue weighted by atomic mass is 9.95. The van der Waals surface area contributed by atoms with Crippen LogP contribution >= 0.6 is 11.3 Å². The summed E-state index contributed by atoms with van der Waals surface area (Å²) in [5.74, 6) is -1.01. The van der Waals surface area contributed by atoms with Gasteiger partial charge in [0.25, 0.3) is 5.91 Å². The molecule has 2 aromatic heterocycles. The lowest BCUT2D eigenvalue weighted by Crippen LogP contribution is -2.16. The van der Waals surface area contributed by atoms with Crippen LogP contribution in [0.2, 0.25) is 0 Å². The summed E-state index contributed by atoms with van der Waals surface area (Å²) in [6, 6.07) is 32.5. The highest BCUT2D eigenvalue weighted by Crippen LogP contribution is 2.40. The fraction of sp³-hybridized carbons (Fsp3) is 0.184. The molecule has 5 aromatic rings. The van der Waals surface area contributed by atoms with E-state index < -0.39 is 11.9 Å². The van der Waals surface area contributed by atoms with Gasteiger partial charge < -0.3 is 14.6 Å². The zero-order valence-corrected chi connectivity index (χ0v) is 26.1. The Hall–Kier alpha value is -5.19. The molecule has 1 amide bonds. The van der Waals surface area contributed by atoms with E-state index in [1.807, 2.05) is 54.6 Å². The minimum absolute atomic E-state index is 0.0611. The van der Waals surface area contributed by atoms with Crippen LogP contribution in [0, 0.1) is 18.3 Å². The third-order valence-corrected chi connectivity index (χ3v) is 9.19. The van der Waals surface area contributed by atoms with Crippen molar-refractivity contribution in [1.29, 1.82) is 5.26 Å². The number of rotatable bonds is 8. The molecule has 0 atom stereocenters. The Bertz CT molecular complexity index is 1930. The third kappa shape index (κ3) is 6.11. The number of hydrogen-bond donors (Lipinski definition) is 1. The van der Waals surface area contributed by atoms with Crippen LogP contribution in [0.3, 0.4) is 0 Å². The third-order valence-electron chi connectivity index (χ3n) is 7.98. The molecule has 0 aliphatic heterocycles. The zero-order chi connectivity index (χ0) is 31.3. The number of nitrogens with one attached hydrogen (secondary N) is 1. The van der Waals surface area contributed by atoms with Gasteiger partial charge in [0.05, 0.1) is 23.6 Å². The van der Waals surface area contributed by atoms with E-state index in [9.17, 15) is 14.9 Å². The normalized spacial score (nSPS) is 12.7. The number of thiophene rings is 1. The molecule has 0 fully saturated rings. The first kappa shape index (κ1) is 29.9. The first-order valence-electron chi connectivity index (χ1n) is 15.2. The number of anilines is 1. The summed E-state index contributed by atoms with van der Waals surface area (Å²) in [5.41, 5.74) is 7.88. The summed E-state index contributed by atoms with van der Waals surface area (Å²) in [6.45, 7) is 4.06. The molecule has 0 radical (unpaired) electrons. The number of carbonyl (C=O) groups excluding carboxylic acids is 2. The number of nitrogens with zero attached hydrogens (tertiary/aromatic N) is 2. The first-order valence-corrected chi connectivity index (χ1v) is 16.0. The maximum absolute atomic E-state index is 13.8. The average molecular weight is 612 g/mol. The van der Waals surface area contributed by atoms with Crippen molar-refractivity contribution in [3.63, 3.8) is 0 Å². The van der Waals surface area contributed by atoms with Gasteiger partial charge in [-0.2, -0.15) is 5.26 Å². The van der Waals surface area contributed by atoms with Crippen LogP contribution in [-0.4, -0.2) is 23.1 Å². The monoisotopic (exact) mass is 611 g/mol. The van der Waals surface area contributed by atoms with Gasteiger partial charge >= 0.3 is 5.97 Å². The van der Waals surface area contributed by atoms with E-state index in [2.05, 4.69) is 59.3 Å². The van der Waals surface area contributed by atoms with Gasteiger partial charge in [0.15, 0.2) is 0 Å². The number of aryl methyl sites for hydroxylation is 2. The molecule has 224 valence electrons. The molecule has 0 bridgehead atoms. The SMILES string of the molecule is CCOC(=O)c1c(NC(=O)/C(C#N)=C/c2cc(-c3ccccc3)n(-c3ccc(C)cc3)c2-c2ccccc2)sc2c1CCCC2. The maximum atomic E-state index is 13.8. The summed E-state index contributed by atoms with van der Waals surface area (Å²) >= 11 is 1.41. The van der Waals surface area contributed by atoms with Crippen molar-refractivity contribution >= 4 is 34.3 Å². The first-order chi connectivity index (χ1) is 22.0. The molecule has 6 rings (SSSR count). The molecular weight excluding hydrogens is 579 g/mol. The second-order valence-corrected chi connectivity index (χ2v) is 12.1. The van der Waals surface area contributed by atoms with Crippen LogP contribution in [0.5, 0.6) is 0 Å². The molecule has 6 nitrogen and oxygen atoms in total. The van der Waals surface area contributed by atoms with E-state index >= 15 is 0 Å². The Morgan fingerprint density at radius 1 is 0.956 bits per heavy atom. The van der Waals surface area contributed by atoms with Gasteiger partial charge in [0, 0.05) is 16.1 Å². The number of aromatic nitrogens is 1. The molecule has 1 N–H and O–H groups in total. The van der Waals surface area contributed by atoms with Crippen molar-refractivity contribution in [3.05, 3.63) is 124 Å². The Morgan fingerprint density at radius 3 is 2.29 bits per heavy atom. The highest BCUT2D eigenvalue weighted by molar-refractivity contribution is 7.17. The Balaban J connectivity index is 1.49. The number of esters is 1. The van der Waals surface area contributed by atoms with E-state index in [0.29, 0.717) is 10.6 Å². The highest BCUT2D eigenvalue weighted by atomic mass is 32.1. The number of amides is 1. The standard InChI is InChI=1S/C38H33N3O3S/c1-3-44-38(43)34-31-16-10-11-17-33(31)45-37(34)40-36(42)29(24-39)22-28-23-32(26-12-6-4-7-13-26)41(30-20-18-25(2)19-21-30)35(28)27-14-8-5-9-15-27/h4-9,12-15,18-23H,3,10-11,16-17H2,1-2H3,(H,40,42)/b29-22+. The molecule has 45 heavy (non-hydrogen) atoms. The number of nitriles is 1. The van der Waals surface area contributed by atoms with E-state index in [1.165, 1.54) is 11.3 Å². The van der Waals surface area contributed by atoms with Crippen LogP contribution in [-0.2, 0) is 22.4 Å². The quantitative estimate of drug-likeness (QED) is 0.108. The summed E-state index contributed by atoms with van der Waals surface area (Å²) in [4.78, 5) is 27.8. The number of carbonyl (C=O) groups is 2. The minimum Gasteiger partial charge on any atom is -0.462 e. The van der Waals surface area contributed by atoms with E-state index in [1.54, 1.807) is 13.0 Å². The van der Waals surface area contributed by atoms with Crippen molar-refractivity contribution in [3.8, 4) is 34.3 Å². The fourth-order valence-corrected chi connectivity index (χ4v) is 7.14. The van der Waals surface area contributed by atoms with Gasteiger partial charge in [-0.05, 0) is 80.5 Å². The predicted molar refractivity (Wildman–Crippen MR) is 181 cm³/mol. The molecule has 0 spiro atoms. The van der Waals surface area contributed by atoms with Crippen LogP contribution in [0.25, 0.3) is 34.3 Å². The van der Waals surface area contributed by atoms with E-state index in [4.69, 9.17) is 4.74 Å². The zero-order valence-electron chi connectivity index (χ0n) is 25.3. The topological polar surface area (TPSA) is 84.1 Å². The van der Waals surface area contributed by atoms with Gasteiger partial charge in [-0.15, -0.1) is 11.3 Å². The second-order valence-electron chi connectivity index (χ2n) is 11.0. The summed E-state index contributed by atoms with van der Waals surface area (Å²) < 4.78 is 7.54. The second kappa shape index (κ2) is 13.2. The summed E-state index contributed by atoms with van der Waals surface area (Å²) in [5, 5.41) is 13.6. The van der Waals surface area contributed by atoms with Crippen LogP contribution in [0.4, 0.5) is 5.00 Å². The lowest BCUT2D eigenvalue weighted by molar-refractivity contribution is -0.112. The van der Waals surface area contributed by atoms with Gasteiger partial charge in [-0.25, -0.2) is 4.79 Å². The van der Waals surface area contributed by atoms with Gasteiger partial charge in [0.1, 0.15) is 16.6 Å². The van der Waals surface area contributed by atoms with E-state index in [0.717, 1.165) is 75.5 Å². The lowest BCUT2D eigenvalue weighted by Gasteiger charge is -2.15. The molecule has 7 heteroatoms. The molecule has 2 heterocycles. The van der Waals surface area contributed by atoms with Crippen LogP contribution in [0.1, 0.15) is 51.7 Å². The number of hydrogen-bond acceptors (Lipinski definition) is 5. The highest BCUT2D eigenvalue weighted by Gasteiger charge is 2.28. The maximum Gasteiger partial charge on any atom is 0.341 e. The van der Waals surface area contributed by atoms with Gasteiger partial charge in [-0.1, -0.05) is 78.4 Å². The largest absolute Gasteiger partial charge is 0.462 e. The van der Waals surface area contributed by atoms with Crippen molar-refractivity contribution in [2.45, 2.75) is 39.5 Å². The minimum atomic E-state index is -0.565. The average Bonchev–Trinajstić information content (AvgIpc) is 3.63. The van der Waals surface area contributed by atoms with E-state index in [-0.39, 0.29) is 12.2 Å².